The summed E-state index contributed by atoms with van der Waals surface area (Å²) in [6.45, 7) is 0.637. The summed E-state index contributed by atoms with van der Waals surface area (Å²) < 4.78 is 4.00. The Morgan fingerprint density at radius 2 is 2.00 bits per heavy atom. The molecule has 4 nitrogen and oxygen atoms in total. The summed E-state index contributed by atoms with van der Waals surface area (Å²) in [7, 11) is 0. The Labute approximate surface area is 120 Å². The van der Waals surface area contributed by atoms with Crippen LogP contribution in [0.5, 0.6) is 0 Å². The SMILES string of the molecule is N#Cc1c(N)nsc1NCc1cccc2ccccc12. The normalized spacial score (nSPS) is 10.3. The quantitative estimate of drug-likeness (QED) is 0.771. The molecule has 0 aliphatic rings. The smallest absolute Gasteiger partial charge is 0.157 e. The number of nitrogens with two attached hydrogens (primary N) is 1. The van der Waals surface area contributed by atoms with Crippen LogP contribution < -0.4 is 11.1 Å². The van der Waals surface area contributed by atoms with Gasteiger partial charge in [-0.05, 0) is 27.9 Å². The Bertz CT molecular complexity index is 796. The first-order valence-electron chi connectivity index (χ1n) is 6.15. The van der Waals surface area contributed by atoms with Crippen LogP contribution in [-0.2, 0) is 6.54 Å². The van der Waals surface area contributed by atoms with Crippen molar-refractivity contribution in [3.63, 3.8) is 0 Å². The second kappa shape index (κ2) is 5.19. The fraction of sp³-hybridized carbons (Fsp3) is 0.0667. The van der Waals surface area contributed by atoms with E-state index in [2.05, 4.69) is 40.0 Å². The van der Waals surface area contributed by atoms with Crippen LogP contribution in [-0.4, -0.2) is 4.37 Å². The summed E-state index contributed by atoms with van der Waals surface area (Å²) in [6.07, 6.45) is 0. The Morgan fingerprint density at radius 1 is 1.20 bits per heavy atom. The monoisotopic (exact) mass is 280 g/mol. The number of nitriles is 1. The van der Waals surface area contributed by atoms with E-state index in [0.717, 1.165) is 5.00 Å². The van der Waals surface area contributed by atoms with Gasteiger partial charge in [0.2, 0.25) is 0 Å². The summed E-state index contributed by atoms with van der Waals surface area (Å²) in [6, 6.07) is 16.5. The first-order valence-corrected chi connectivity index (χ1v) is 6.92. The lowest BCUT2D eigenvalue weighted by molar-refractivity contribution is 1.18. The van der Waals surface area contributed by atoms with Gasteiger partial charge in [-0.1, -0.05) is 42.5 Å². The van der Waals surface area contributed by atoms with E-state index in [-0.39, 0.29) is 5.82 Å². The molecule has 3 N–H and O–H groups in total. The topological polar surface area (TPSA) is 74.7 Å². The van der Waals surface area contributed by atoms with Gasteiger partial charge in [-0.3, -0.25) is 0 Å². The van der Waals surface area contributed by atoms with Crippen LogP contribution in [0.3, 0.4) is 0 Å². The van der Waals surface area contributed by atoms with Crippen LogP contribution in [0.1, 0.15) is 11.1 Å². The second-order valence-corrected chi connectivity index (χ2v) is 5.15. The third-order valence-corrected chi connectivity index (χ3v) is 3.97. The van der Waals surface area contributed by atoms with Crippen molar-refractivity contribution in [2.75, 3.05) is 11.1 Å². The predicted molar refractivity (Wildman–Crippen MR) is 82.5 cm³/mol. The maximum atomic E-state index is 9.05. The summed E-state index contributed by atoms with van der Waals surface area (Å²) in [5.41, 5.74) is 7.25. The lowest BCUT2D eigenvalue weighted by Crippen LogP contribution is -2.00. The summed E-state index contributed by atoms with van der Waals surface area (Å²) in [4.78, 5) is 0. The van der Waals surface area contributed by atoms with Gasteiger partial charge in [-0.15, -0.1) is 0 Å². The second-order valence-electron chi connectivity index (χ2n) is 4.38. The van der Waals surface area contributed by atoms with E-state index in [1.165, 1.54) is 27.9 Å². The zero-order chi connectivity index (χ0) is 13.9. The van der Waals surface area contributed by atoms with E-state index in [1.807, 2.05) is 18.2 Å². The molecule has 0 bridgehead atoms. The molecule has 0 saturated heterocycles. The lowest BCUT2D eigenvalue weighted by atomic mass is 10.0. The van der Waals surface area contributed by atoms with Gasteiger partial charge in [0.05, 0.1) is 0 Å². The highest BCUT2D eigenvalue weighted by atomic mass is 32.1. The zero-order valence-electron chi connectivity index (χ0n) is 10.6. The van der Waals surface area contributed by atoms with Crippen molar-refractivity contribution in [3.8, 4) is 6.07 Å². The van der Waals surface area contributed by atoms with E-state index < -0.39 is 0 Å². The van der Waals surface area contributed by atoms with Crippen LogP contribution in [0.2, 0.25) is 0 Å². The van der Waals surface area contributed by atoms with Crippen LogP contribution in [0.15, 0.2) is 42.5 Å². The van der Waals surface area contributed by atoms with E-state index in [4.69, 9.17) is 11.0 Å². The molecule has 3 aromatic rings. The van der Waals surface area contributed by atoms with E-state index in [9.17, 15) is 0 Å². The molecule has 0 amide bonds. The highest BCUT2D eigenvalue weighted by molar-refractivity contribution is 7.10. The van der Waals surface area contributed by atoms with Crippen molar-refractivity contribution in [2.24, 2.45) is 0 Å². The van der Waals surface area contributed by atoms with Crippen molar-refractivity contribution in [1.29, 1.82) is 5.26 Å². The highest BCUT2D eigenvalue weighted by Gasteiger charge is 2.10. The molecule has 2 aromatic carbocycles. The molecule has 5 heteroatoms. The maximum absolute atomic E-state index is 9.05. The summed E-state index contributed by atoms with van der Waals surface area (Å²) in [5.74, 6) is 0.290. The molecule has 20 heavy (non-hydrogen) atoms. The highest BCUT2D eigenvalue weighted by Crippen LogP contribution is 2.27. The number of nitrogens with one attached hydrogen (secondary N) is 1. The minimum atomic E-state index is 0.290. The number of hydrogen-bond donors (Lipinski definition) is 2. The minimum absolute atomic E-state index is 0.290. The predicted octanol–water partition coefficient (Wildman–Crippen LogP) is 3.36. The lowest BCUT2D eigenvalue weighted by Gasteiger charge is -2.07. The number of rotatable bonds is 3. The molecule has 0 unspecified atom stereocenters. The van der Waals surface area contributed by atoms with Gasteiger partial charge in [0.15, 0.2) is 5.82 Å². The molecule has 0 atom stereocenters. The van der Waals surface area contributed by atoms with Crippen LogP contribution >= 0.6 is 11.5 Å². The molecule has 0 radical (unpaired) electrons. The van der Waals surface area contributed by atoms with Gasteiger partial charge in [-0.2, -0.15) is 9.64 Å². The molecule has 1 aromatic heterocycles. The first-order chi connectivity index (χ1) is 9.79. The Morgan fingerprint density at radius 3 is 2.85 bits per heavy atom. The van der Waals surface area contributed by atoms with Gasteiger partial charge >= 0.3 is 0 Å². The minimum Gasteiger partial charge on any atom is -0.382 e. The number of aromatic nitrogens is 1. The molecule has 0 spiro atoms. The van der Waals surface area contributed by atoms with Crippen molar-refractivity contribution >= 4 is 33.1 Å². The number of hydrogen-bond acceptors (Lipinski definition) is 5. The molecule has 98 valence electrons. The maximum Gasteiger partial charge on any atom is 0.157 e. The molecule has 1 heterocycles. The Balaban J connectivity index is 1.89. The number of nitrogen functional groups attached to an aromatic ring is 1. The van der Waals surface area contributed by atoms with E-state index >= 15 is 0 Å². The molecular formula is C15H12N4S. The van der Waals surface area contributed by atoms with Crippen molar-refractivity contribution in [3.05, 3.63) is 53.6 Å². The van der Waals surface area contributed by atoms with Crippen molar-refractivity contribution in [1.82, 2.24) is 4.37 Å². The third-order valence-electron chi connectivity index (χ3n) is 3.15. The van der Waals surface area contributed by atoms with Gasteiger partial charge in [0, 0.05) is 6.54 Å². The number of fused-ring (bicyclic) bond motifs is 1. The third kappa shape index (κ3) is 2.17. The van der Waals surface area contributed by atoms with Crippen LogP contribution in [0.25, 0.3) is 10.8 Å². The van der Waals surface area contributed by atoms with Crippen LogP contribution in [0.4, 0.5) is 10.8 Å². The average Bonchev–Trinajstić information content (AvgIpc) is 2.85. The molecule has 0 saturated carbocycles. The molecule has 3 rings (SSSR count). The van der Waals surface area contributed by atoms with Gasteiger partial charge < -0.3 is 11.1 Å². The van der Waals surface area contributed by atoms with Gasteiger partial charge in [0.1, 0.15) is 16.6 Å². The average molecular weight is 280 g/mol. The Hall–Kier alpha value is -2.58. The largest absolute Gasteiger partial charge is 0.382 e. The molecule has 0 fully saturated rings. The first kappa shape index (κ1) is 12.5. The number of benzene rings is 2. The summed E-state index contributed by atoms with van der Waals surface area (Å²) in [5, 5.41) is 15.4. The molecule has 0 aliphatic heterocycles. The van der Waals surface area contributed by atoms with Crippen molar-refractivity contribution < 1.29 is 0 Å². The Kier molecular flexibility index (Phi) is 3.23. The van der Waals surface area contributed by atoms with E-state index in [0.29, 0.717) is 12.1 Å². The zero-order valence-corrected chi connectivity index (χ0v) is 11.4. The number of nitrogens with zero attached hydrogens (tertiary/aromatic N) is 2. The van der Waals surface area contributed by atoms with Gasteiger partial charge in [0.25, 0.3) is 0 Å². The van der Waals surface area contributed by atoms with Crippen molar-refractivity contribution in [2.45, 2.75) is 6.54 Å². The fourth-order valence-electron chi connectivity index (χ4n) is 2.15. The van der Waals surface area contributed by atoms with Gasteiger partial charge in [-0.25, -0.2) is 0 Å². The molecule has 0 aliphatic carbocycles. The van der Waals surface area contributed by atoms with Crippen LogP contribution in [0, 0.1) is 11.3 Å². The standard InChI is InChI=1S/C15H12N4S/c16-8-13-14(17)19-20-15(13)18-9-11-6-3-5-10-4-1-2-7-12(10)11/h1-7,18H,9H2,(H2,17,19). The number of anilines is 2. The fourth-order valence-corrected chi connectivity index (χ4v) is 2.81. The van der Waals surface area contributed by atoms with E-state index in [1.54, 1.807) is 0 Å². The summed E-state index contributed by atoms with van der Waals surface area (Å²) >= 11 is 1.22. The molecular weight excluding hydrogens is 268 g/mol.